The SMILES string of the molecule is C[C@H](NC(=O)COc1ccc(Br)cc1)C(=O)OC(C)(C)C. The van der Waals surface area contributed by atoms with Crippen LogP contribution >= 0.6 is 15.9 Å². The molecule has 0 radical (unpaired) electrons. The number of ether oxygens (including phenoxy) is 2. The first-order valence-electron chi connectivity index (χ1n) is 6.58. The molecular formula is C15H20BrNO4. The fourth-order valence-corrected chi connectivity index (χ4v) is 1.68. The maximum atomic E-state index is 11.7. The molecule has 0 aliphatic rings. The Balaban J connectivity index is 2.39. The number of esters is 1. The van der Waals surface area contributed by atoms with Crippen LogP contribution in [0, 0.1) is 0 Å². The van der Waals surface area contributed by atoms with Gasteiger partial charge in [-0.25, -0.2) is 4.79 Å². The zero-order valence-electron chi connectivity index (χ0n) is 12.6. The lowest BCUT2D eigenvalue weighted by Gasteiger charge is -2.22. The van der Waals surface area contributed by atoms with Gasteiger partial charge in [-0.2, -0.15) is 0 Å². The molecule has 6 heteroatoms. The molecule has 1 rings (SSSR count). The molecule has 0 saturated heterocycles. The number of amides is 1. The second kappa shape index (κ2) is 7.45. The lowest BCUT2D eigenvalue weighted by Crippen LogP contribution is -2.43. The van der Waals surface area contributed by atoms with Crippen molar-refractivity contribution in [2.75, 3.05) is 6.61 Å². The van der Waals surface area contributed by atoms with E-state index in [4.69, 9.17) is 9.47 Å². The van der Waals surface area contributed by atoms with E-state index in [2.05, 4.69) is 21.2 Å². The quantitative estimate of drug-likeness (QED) is 0.822. The minimum absolute atomic E-state index is 0.158. The molecule has 0 bridgehead atoms. The highest BCUT2D eigenvalue weighted by molar-refractivity contribution is 9.10. The first kappa shape index (κ1) is 17.5. The number of benzene rings is 1. The van der Waals surface area contributed by atoms with E-state index in [1.54, 1.807) is 39.8 Å². The molecule has 1 aromatic rings. The number of halogens is 1. The van der Waals surface area contributed by atoms with Crippen LogP contribution in [-0.4, -0.2) is 30.1 Å². The number of carbonyl (C=O) groups is 2. The summed E-state index contributed by atoms with van der Waals surface area (Å²) in [7, 11) is 0. The summed E-state index contributed by atoms with van der Waals surface area (Å²) in [6.45, 7) is 6.74. The van der Waals surface area contributed by atoms with E-state index in [0.29, 0.717) is 5.75 Å². The normalized spacial score (nSPS) is 12.4. The van der Waals surface area contributed by atoms with Crippen LogP contribution in [0.2, 0.25) is 0 Å². The van der Waals surface area contributed by atoms with Gasteiger partial charge in [0.05, 0.1) is 0 Å². The van der Waals surface area contributed by atoms with Gasteiger partial charge in [-0.15, -0.1) is 0 Å². The van der Waals surface area contributed by atoms with Gasteiger partial charge in [-0.1, -0.05) is 15.9 Å². The fraction of sp³-hybridized carbons (Fsp3) is 0.467. The van der Waals surface area contributed by atoms with Crippen molar-refractivity contribution in [2.45, 2.75) is 39.3 Å². The highest BCUT2D eigenvalue weighted by Crippen LogP contribution is 2.15. The first-order chi connectivity index (χ1) is 9.67. The van der Waals surface area contributed by atoms with Crippen LogP contribution in [0.1, 0.15) is 27.7 Å². The molecule has 21 heavy (non-hydrogen) atoms. The van der Waals surface area contributed by atoms with Crippen LogP contribution in [0.5, 0.6) is 5.75 Å². The number of carbonyl (C=O) groups excluding carboxylic acids is 2. The Labute approximate surface area is 133 Å². The summed E-state index contributed by atoms with van der Waals surface area (Å²) >= 11 is 3.31. The maximum absolute atomic E-state index is 11.7. The van der Waals surface area contributed by atoms with E-state index >= 15 is 0 Å². The minimum Gasteiger partial charge on any atom is -0.484 e. The molecule has 0 saturated carbocycles. The van der Waals surface area contributed by atoms with Crippen LogP contribution in [0.3, 0.4) is 0 Å². The van der Waals surface area contributed by atoms with Gasteiger partial charge in [-0.3, -0.25) is 4.79 Å². The van der Waals surface area contributed by atoms with Crippen molar-refractivity contribution in [1.29, 1.82) is 0 Å². The first-order valence-corrected chi connectivity index (χ1v) is 7.37. The van der Waals surface area contributed by atoms with Crippen molar-refractivity contribution in [2.24, 2.45) is 0 Å². The third kappa shape index (κ3) is 7.13. The van der Waals surface area contributed by atoms with Gasteiger partial charge in [0.2, 0.25) is 0 Å². The second-order valence-electron chi connectivity index (χ2n) is 5.57. The number of hydrogen-bond acceptors (Lipinski definition) is 4. The summed E-state index contributed by atoms with van der Waals surface area (Å²) in [6, 6.07) is 6.40. The lowest BCUT2D eigenvalue weighted by molar-refractivity contribution is -0.158. The van der Waals surface area contributed by atoms with E-state index in [9.17, 15) is 9.59 Å². The Morgan fingerprint density at radius 1 is 1.24 bits per heavy atom. The van der Waals surface area contributed by atoms with Crippen molar-refractivity contribution in [1.82, 2.24) is 5.32 Å². The van der Waals surface area contributed by atoms with E-state index in [-0.39, 0.29) is 12.5 Å². The molecule has 116 valence electrons. The van der Waals surface area contributed by atoms with Crippen molar-refractivity contribution in [3.63, 3.8) is 0 Å². The summed E-state index contributed by atoms with van der Waals surface area (Å²) in [6.07, 6.45) is 0. The average Bonchev–Trinajstić information content (AvgIpc) is 2.36. The van der Waals surface area contributed by atoms with Gasteiger partial charge in [0, 0.05) is 4.47 Å². The molecule has 5 nitrogen and oxygen atoms in total. The van der Waals surface area contributed by atoms with E-state index in [0.717, 1.165) is 4.47 Å². The number of nitrogens with one attached hydrogen (secondary N) is 1. The van der Waals surface area contributed by atoms with Crippen LogP contribution in [-0.2, 0) is 14.3 Å². The lowest BCUT2D eigenvalue weighted by atomic mass is 10.2. The van der Waals surface area contributed by atoms with Crippen LogP contribution in [0.4, 0.5) is 0 Å². The zero-order valence-corrected chi connectivity index (χ0v) is 14.2. The molecule has 1 N–H and O–H groups in total. The van der Waals surface area contributed by atoms with Gasteiger partial charge < -0.3 is 14.8 Å². The van der Waals surface area contributed by atoms with E-state index < -0.39 is 17.6 Å². The summed E-state index contributed by atoms with van der Waals surface area (Å²) in [5, 5.41) is 2.54. The van der Waals surface area contributed by atoms with Crippen molar-refractivity contribution < 1.29 is 19.1 Å². The summed E-state index contributed by atoms with van der Waals surface area (Å²) in [5.74, 6) is -0.269. The number of rotatable bonds is 5. The predicted molar refractivity (Wildman–Crippen MR) is 83.1 cm³/mol. The average molecular weight is 358 g/mol. The third-order valence-electron chi connectivity index (χ3n) is 2.32. The smallest absolute Gasteiger partial charge is 0.328 e. The Morgan fingerprint density at radius 2 is 1.81 bits per heavy atom. The summed E-state index contributed by atoms with van der Waals surface area (Å²) in [4.78, 5) is 23.4. The van der Waals surface area contributed by atoms with Gasteiger partial charge >= 0.3 is 5.97 Å². The van der Waals surface area contributed by atoms with Gasteiger partial charge in [0.25, 0.3) is 5.91 Å². The predicted octanol–water partition coefficient (Wildman–Crippen LogP) is 2.67. The molecule has 0 unspecified atom stereocenters. The van der Waals surface area contributed by atoms with Crippen LogP contribution in [0.15, 0.2) is 28.7 Å². The molecule has 0 aliphatic heterocycles. The second-order valence-corrected chi connectivity index (χ2v) is 6.48. The Morgan fingerprint density at radius 3 is 2.33 bits per heavy atom. The third-order valence-corrected chi connectivity index (χ3v) is 2.85. The molecule has 0 heterocycles. The van der Waals surface area contributed by atoms with Gasteiger partial charge in [0.15, 0.2) is 6.61 Å². The standard InChI is InChI=1S/C15H20BrNO4/c1-10(14(19)21-15(2,3)4)17-13(18)9-20-12-7-5-11(16)6-8-12/h5-8,10H,9H2,1-4H3,(H,17,18)/t10-/m0/s1. The largest absolute Gasteiger partial charge is 0.484 e. The molecule has 1 atom stereocenters. The highest BCUT2D eigenvalue weighted by Gasteiger charge is 2.22. The van der Waals surface area contributed by atoms with E-state index in [1.807, 2.05) is 12.1 Å². The van der Waals surface area contributed by atoms with Crippen LogP contribution in [0.25, 0.3) is 0 Å². The van der Waals surface area contributed by atoms with Crippen molar-refractivity contribution in [3.05, 3.63) is 28.7 Å². The Bertz CT molecular complexity index is 493. The molecule has 0 aromatic heterocycles. The van der Waals surface area contributed by atoms with E-state index in [1.165, 1.54) is 0 Å². The minimum atomic E-state index is -0.717. The fourth-order valence-electron chi connectivity index (χ4n) is 1.41. The molecule has 0 spiro atoms. The summed E-state index contributed by atoms with van der Waals surface area (Å²) < 4.78 is 11.4. The molecule has 1 amide bonds. The number of hydrogen-bond donors (Lipinski definition) is 1. The maximum Gasteiger partial charge on any atom is 0.328 e. The van der Waals surface area contributed by atoms with Crippen molar-refractivity contribution >= 4 is 27.8 Å². The zero-order chi connectivity index (χ0) is 16.0. The molecule has 1 aromatic carbocycles. The summed E-state index contributed by atoms with van der Waals surface area (Å²) in [5.41, 5.74) is -0.579. The topological polar surface area (TPSA) is 64.6 Å². The monoisotopic (exact) mass is 357 g/mol. The van der Waals surface area contributed by atoms with Crippen LogP contribution < -0.4 is 10.1 Å². The van der Waals surface area contributed by atoms with Gasteiger partial charge in [-0.05, 0) is 52.0 Å². The van der Waals surface area contributed by atoms with Gasteiger partial charge in [0.1, 0.15) is 17.4 Å². The van der Waals surface area contributed by atoms with Crippen molar-refractivity contribution in [3.8, 4) is 5.75 Å². The Kier molecular flexibility index (Phi) is 6.20. The molecular weight excluding hydrogens is 338 g/mol. The molecule has 0 fully saturated rings. The highest BCUT2D eigenvalue weighted by atomic mass is 79.9. The molecule has 0 aliphatic carbocycles. The Hall–Kier alpha value is -1.56.